The number of carboxylic acids is 1. The number of nitrogens with one attached hydrogen (secondary N) is 2. The number of aliphatic carboxylic acids is 1. The van der Waals surface area contributed by atoms with Crippen LogP contribution in [0.4, 0.5) is 5.69 Å². The van der Waals surface area contributed by atoms with Gasteiger partial charge in [-0.2, -0.15) is 0 Å². The van der Waals surface area contributed by atoms with Crippen LogP contribution in [0.25, 0.3) is 0 Å². The van der Waals surface area contributed by atoms with E-state index >= 15 is 0 Å². The molecule has 0 aliphatic heterocycles. The average molecular weight is 329 g/mol. The van der Waals surface area contributed by atoms with Crippen molar-refractivity contribution < 1.29 is 14.7 Å². The first-order valence-corrected chi connectivity index (χ1v) is 7.36. The molecule has 0 saturated heterocycles. The first-order valence-electron chi connectivity index (χ1n) is 7.36. The van der Waals surface area contributed by atoms with Crippen LogP contribution in [-0.2, 0) is 16.0 Å². The summed E-state index contributed by atoms with van der Waals surface area (Å²) < 4.78 is 0. The Morgan fingerprint density at radius 1 is 1.18 bits per heavy atom. The predicted molar refractivity (Wildman–Crippen MR) is 90.6 cm³/mol. The molecule has 1 rings (SSSR count). The van der Waals surface area contributed by atoms with E-state index in [-0.39, 0.29) is 18.3 Å². The highest BCUT2D eigenvalue weighted by molar-refractivity contribution is 5.94. The smallest absolute Gasteiger partial charge is 0.320 e. The first-order chi connectivity index (χ1) is 9.97. The molecule has 0 radical (unpaired) electrons. The van der Waals surface area contributed by atoms with Crippen molar-refractivity contribution in [1.29, 1.82) is 0 Å². The fourth-order valence-electron chi connectivity index (χ4n) is 2.02. The summed E-state index contributed by atoms with van der Waals surface area (Å²) >= 11 is 0. The summed E-state index contributed by atoms with van der Waals surface area (Å²) in [6, 6.07) is 6.37. The van der Waals surface area contributed by atoms with Gasteiger partial charge in [0.2, 0.25) is 5.91 Å². The molecule has 0 aliphatic rings. The van der Waals surface area contributed by atoms with E-state index in [2.05, 4.69) is 17.6 Å². The molecule has 2 atom stereocenters. The maximum absolute atomic E-state index is 12.1. The lowest BCUT2D eigenvalue weighted by Gasteiger charge is -2.19. The zero-order valence-electron chi connectivity index (χ0n) is 13.3. The van der Waals surface area contributed by atoms with Crippen LogP contribution in [0, 0.1) is 0 Å². The van der Waals surface area contributed by atoms with Gasteiger partial charge in [-0.15, -0.1) is 12.4 Å². The molecule has 124 valence electrons. The number of amides is 1. The molecule has 0 heterocycles. The minimum atomic E-state index is -0.927. The van der Waals surface area contributed by atoms with Crippen molar-refractivity contribution in [3.8, 4) is 0 Å². The number of halogens is 1. The first kappa shape index (κ1) is 20.4. The number of benzene rings is 1. The Morgan fingerprint density at radius 2 is 1.77 bits per heavy atom. The number of aryl methyl sites for hydroxylation is 1. The quantitative estimate of drug-likeness (QED) is 0.685. The van der Waals surface area contributed by atoms with E-state index < -0.39 is 18.1 Å². The van der Waals surface area contributed by atoms with Crippen molar-refractivity contribution in [2.24, 2.45) is 0 Å². The Labute approximate surface area is 137 Å². The lowest BCUT2D eigenvalue weighted by molar-refractivity contribution is -0.140. The van der Waals surface area contributed by atoms with Gasteiger partial charge >= 0.3 is 5.97 Å². The highest BCUT2D eigenvalue weighted by Gasteiger charge is 2.22. The molecule has 6 heteroatoms. The Morgan fingerprint density at radius 3 is 2.23 bits per heavy atom. The molecule has 3 N–H and O–H groups in total. The molecule has 2 unspecified atom stereocenters. The van der Waals surface area contributed by atoms with Crippen LogP contribution in [0.2, 0.25) is 0 Å². The molecule has 0 saturated carbocycles. The van der Waals surface area contributed by atoms with Gasteiger partial charge in [0.25, 0.3) is 0 Å². The summed E-state index contributed by atoms with van der Waals surface area (Å²) in [5, 5.41) is 14.7. The molecule has 22 heavy (non-hydrogen) atoms. The summed E-state index contributed by atoms with van der Waals surface area (Å²) in [5.74, 6) is -1.16. The normalized spacial score (nSPS) is 12.9. The molecule has 1 aromatic carbocycles. The Balaban J connectivity index is 0.00000441. The molecule has 0 fully saturated rings. The van der Waals surface area contributed by atoms with E-state index in [9.17, 15) is 9.59 Å². The molecule has 0 aromatic heterocycles. The third kappa shape index (κ3) is 6.45. The largest absolute Gasteiger partial charge is 0.480 e. The number of rotatable bonds is 8. The number of carbonyl (C=O) groups excluding carboxylic acids is 1. The zero-order chi connectivity index (χ0) is 15.8. The van der Waals surface area contributed by atoms with E-state index in [1.807, 2.05) is 31.2 Å². The van der Waals surface area contributed by atoms with Crippen molar-refractivity contribution in [2.75, 3.05) is 5.32 Å². The van der Waals surface area contributed by atoms with Crippen molar-refractivity contribution in [1.82, 2.24) is 5.32 Å². The molecule has 0 bridgehead atoms. The Bertz CT molecular complexity index is 477. The van der Waals surface area contributed by atoms with Crippen LogP contribution in [-0.4, -0.2) is 29.1 Å². The molecule has 0 aliphatic carbocycles. The fraction of sp³-hybridized carbons (Fsp3) is 0.500. The van der Waals surface area contributed by atoms with Gasteiger partial charge in [0.05, 0.1) is 6.04 Å². The molecular formula is C16H25ClN2O3. The highest BCUT2D eigenvalue weighted by Crippen LogP contribution is 2.10. The van der Waals surface area contributed by atoms with Crippen LogP contribution in [0.3, 0.4) is 0 Å². The molecule has 1 aromatic rings. The van der Waals surface area contributed by atoms with Gasteiger partial charge in [0.1, 0.15) is 6.04 Å². The van der Waals surface area contributed by atoms with Crippen LogP contribution >= 0.6 is 12.4 Å². The molecule has 1 amide bonds. The number of carbonyl (C=O) groups is 2. The average Bonchev–Trinajstić information content (AvgIpc) is 2.47. The third-order valence-electron chi connectivity index (χ3n) is 3.35. The summed E-state index contributed by atoms with van der Waals surface area (Å²) in [6.45, 7) is 5.65. The van der Waals surface area contributed by atoms with Gasteiger partial charge in [0, 0.05) is 5.69 Å². The van der Waals surface area contributed by atoms with E-state index in [1.54, 1.807) is 6.92 Å². The lowest BCUT2D eigenvalue weighted by Crippen LogP contribution is -2.47. The minimum absolute atomic E-state index is 0. The van der Waals surface area contributed by atoms with E-state index in [0.717, 1.165) is 12.8 Å². The predicted octanol–water partition coefficient (Wildman–Crippen LogP) is 2.84. The van der Waals surface area contributed by atoms with Crippen molar-refractivity contribution in [2.45, 2.75) is 52.1 Å². The van der Waals surface area contributed by atoms with Crippen molar-refractivity contribution in [3.05, 3.63) is 29.8 Å². The number of carboxylic acid groups (broad SMARTS) is 1. The highest BCUT2D eigenvalue weighted by atomic mass is 35.5. The van der Waals surface area contributed by atoms with Crippen LogP contribution in [0.5, 0.6) is 0 Å². The molecule has 5 nitrogen and oxygen atoms in total. The van der Waals surface area contributed by atoms with Gasteiger partial charge in [-0.25, -0.2) is 0 Å². The Kier molecular flexibility index (Phi) is 9.45. The van der Waals surface area contributed by atoms with Gasteiger partial charge < -0.3 is 10.4 Å². The lowest BCUT2D eigenvalue weighted by atomic mass is 10.1. The SMILES string of the molecule is CCCC(NC(C)C(=O)Nc1ccc(CC)cc1)C(=O)O.Cl. The summed E-state index contributed by atoms with van der Waals surface area (Å²) in [7, 11) is 0. The van der Waals surface area contributed by atoms with Crippen molar-refractivity contribution >= 4 is 30.0 Å². The zero-order valence-corrected chi connectivity index (χ0v) is 14.1. The van der Waals surface area contributed by atoms with Gasteiger partial charge in [-0.05, 0) is 37.5 Å². The van der Waals surface area contributed by atoms with Crippen LogP contribution in [0.1, 0.15) is 39.2 Å². The monoisotopic (exact) mass is 328 g/mol. The maximum Gasteiger partial charge on any atom is 0.320 e. The van der Waals surface area contributed by atoms with E-state index in [0.29, 0.717) is 12.1 Å². The van der Waals surface area contributed by atoms with Gasteiger partial charge in [0.15, 0.2) is 0 Å². The maximum atomic E-state index is 12.1. The van der Waals surface area contributed by atoms with Crippen molar-refractivity contribution in [3.63, 3.8) is 0 Å². The van der Waals surface area contributed by atoms with Gasteiger partial charge in [-0.3, -0.25) is 14.9 Å². The van der Waals surface area contributed by atoms with E-state index in [1.165, 1.54) is 5.56 Å². The Hall–Kier alpha value is -1.59. The summed E-state index contributed by atoms with van der Waals surface area (Å²) in [4.78, 5) is 23.1. The second kappa shape index (κ2) is 10.2. The number of hydrogen-bond donors (Lipinski definition) is 3. The summed E-state index contributed by atoms with van der Waals surface area (Å²) in [6.07, 6.45) is 2.19. The topological polar surface area (TPSA) is 78.4 Å². The van der Waals surface area contributed by atoms with Crippen LogP contribution in [0.15, 0.2) is 24.3 Å². The third-order valence-corrected chi connectivity index (χ3v) is 3.35. The second-order valence-electron chi connectivity index (χ2n) is 5.11. The fourth-order valence-corrected chi connectivity index (χ4v) is 2.02. The standard InChI is InChI=1S/C16H24N2O3.ClH/c1-4-6-14(16(20)21)17-11(3)15(19)18-13-9-7-12(5-2)8-10-13;/h7-11,14,17H,4-6H2,1-3H3,(H,18,19)(H,20,21);1H. The van der Waals surface area contributed by atoms with Gasteiger partial charge in [-0.1, -0.05) is 32.4 Å². The minimum Gasteiger partial charge on any atom is -0.480 e. The van der Waals surface area contributed by atoms with Crippen LogP contribution < -0.4 is 10.6 Å². The van der Waals surface area contributed by atoms with E-state index in [4.69, 9.17) is 5.11 Å². The second-order valence-corrected chi connectivity index (χ2v) is 5.11. The number of hydrogen-bond acceptors (Lipinski definition) is 3. The molecule has 0 spiro atoms. The molecular weight excluding hydrogens is 304 g/mol. The number of anilines is 1. The summed E-state index contributed by atoms with van der Waals surface area (Å²) in [5.41, 5.74) is 1.92.